The molecule has 0 spiro atoms. The standard InChI is InChI=1S/C12H18O4/c1-5-16-11(15)7(2)8-6-9(10(13)14)12(8,3)4/h9H,5-6H2,1-4H3,(H,13,14)/b8-7+. The first kappa shape index (κ1) is 12.7. The minimum absolute atomic E-state index is 0.339. The number of ether oxygens (including phenoxy) is 1. The molecule has 0 aromatic carbocycles. The third-order valence-electron chi connectivity index (χ3n) is 3.39. The molecule has 4 heteroatoms. The van der Waals surface area contributed by atoms with Crippen molar-refractivity contribution in [3.8, 4) is 0 Å². The summed E-state index contributed by atoms with van der Waals surface area (Å²) in [4.78, 5) is 22.4. The Labute approximate surface area is 95.3 Å². The molecule has 0 radical (unpaired) electrons. The summed E-state index contributed by atoms with van der Waals surface area (Å²) < 4.78 is 4.91. The van der Waals surface area contributed by atoms with Gasteiger partial charge in [0.25, 0.3) is 0 Å². The number of rotatable bonds is 3. The van der Waals surface area contributed by atoms with Gasteiger partial charge in [-0.15, -0.1) is 0 Å². The van der Waals surface area contributed by atoms with Crippen LogP contribution in [0.15, 0.2) is 11.1 Å². The molecule has 1 saturated carbocycles. The van der Waals surface area contributed by atoms with Crippen molar-refractivity contribution in [2.75, 3.05) is 6.61 Å². The lowest BCUT2D eigenvalue weighted by Gasteiger charge is -2.45. The van der Waals surface area contributed by atoms with Gasteiger partial charge in [-0.25, -0.2) is 4.79 Å². The highest BCUT2D eigenvalue weighted by atomic mass is 16.5. The molecule has 1 rings (SSSR count). The van der Waals surface area contributed by atoms with Crippen LogP contribution >= 0.6 is 0 Å². The van der Waals surface area contributed by atoms with Crippen LogP contribution in [-0.4, -0.2) is 23.7 Å². The van der Waals surface area contributed by atoms with E-state index in [4.69, 9.17) is 9.84 Å². The largest absolute Gasteiger partial charge is 0.481 e. The average molecular weight is 226 g/mol. The number of hydrogen-bond acceptors (Lipinski definition) is 3. The number of aliphatic carboxylic acids is 1. The Hall–Kier alpha value is -1.32. The van der Waals surface area contributed by atoms with Crippen molar-refractivity contribution in [2.45, 2.75) is 34.1 Å². The van der Waals surface area contributed by atoms with Crippen LogP contribution in [0.5, 0.6) is 0 Å². The van der Waals surface area contributed by atoms with Crippen molar-refractivity contribution >= 4 is 11.9 Å². The normalized spacial score (nSPS) is 25.6. The average Bonchev–Trinajstić information content (AvgIpc) is 2.15. The molecule has 16 heavy (non-hydrogen) atoms. The Bertz CT molecular complexity index is 352. The van der Waals surface area contributed by atoms with E-state index in [1.807, 2.05) is 13.8 Å². The van der Waals surface area contributed by atoms with Crippen LogP contribution in [0, 0.1) is 11.3 Å². The fourth-order valence-corrected chi connectivity index (χ4v) is 2.20. The molecule has 0 heterocycles. The Morgan fingerprint density at radius 1 is 1.50 bits per heavy atom. The fraction of sp³-hybridized carbons (Fsp3) is 0.667. The molecule has 0 aromatic rings. The predicted octanol–water partition coefficient (Wildman–Crippen LogP) is 2.00. The summed E-state index contributed by atoms with van der Waals surface area (Å²) in [6.45, 7) is 7.50. The maximum absolute atomic E-state index is 11.5. The van der Waals surface area contributed by atoms with E-state index in [0.29, 0.717) is 18.6 Å². The van der Waals surface area contributed by atoms with Crippen LogP contribution in [-0.2, 0) is 14.3 Å². The second kappa shape index (κ2) is 4.28. The first-order valence-corrected chi connectivity index (χ1v) is 5.42. The highest BCUT2D eigenvalue weighted by Gasteiger charge is 2.49. The Kier molecular flexibility index (Phi) is 3.41. The summed E-state index contributed by atoms with van der Waals surface area (Å²) in [7, 11) is 0. The molecule has 0 saturated heterocycles. The molecule has 1 fully saturated rings. The first-order chi connectivity index (χ1) is 7.32. The van der Waals surface area contributed by atoms with Gasteiger partial charge in [0.05, 0.1) is 12.5 Å². The van der Waals surface area contributed by atoms with E-state index in [-0.39, 0.29) is 5.97 Å². The van der Waals surface area contributed by atoms with Gasteiger partial charge in [0.1, 0.15) is 0 Å². The third-order valence-corrected chi connectivity index (χ3v) is 3.39. The van der Waals surface area contributed by atoms with Gasteiger partial charge in [0.15, 0.2) is 0 Å². The van der Waals surface area contributed by atoms with Crippen molar-refractivity contribution in [3.05, 3.63) is 11.1 Å². The predicted molar refractivity (Wildman–Crippen MR) is 58.9 cm³/mol. The van der Waals surface area contributed by atoms with Gasteiger partial charge in [0, 0.05) is 11.0 Å². The van der Waals surface area contributed by atoms with Gasteiger partial charge in [-0.2, -0.15) is 0 Å². The molecular formula is C12H18O4. The third kappa shape index (κ3) is 1.96. The zero-order valence-electron chi connectivity index (χ0n) is 10.2. The van der Waals surface area contributed by atoms with E-state index in [0.717, 1.165) is 5.57 Å². The van der Waals surface area contributed by atoms with Crippen molar-refractivity contribution < 1.29 is 19.4 Å². The number of carbonyl (C=O) groups is 2. The van der Waals surface area contributed by atoms with Crippen molar-refractivity contribution in [3.63, 3.8) is 0 Å². The van der Waals surface area contributed by atoms with E-state index in [9.17, 15) is 9.59 Å². The quantitative estimate of drug-likeness (QED) is 0.590. The molecule has 0 aromatic heterocycles. The van der Waals surface area contributed by atoms with E-state index in [2.05, 4.69) is 0 Å². The summed E-state index contributed by atoms with van der Waals surface area (Å²) in [5.41, 5.74) is 1.02. The molecule has 1 atom stereocenters. The second-order valence-electron chi connectivity index (χ2n) is 4.64. The lowest BCUT2D eigenvalue weighted by molar-refractivity contribution is -0.149. The lowest BCUT2D eigenvalue weighted by atomic mass is 9.57. The molecule has 1 aliphatic carbocycles. The molecule has 90 valence electrons. The van der Waals surface area contributed by atoms with Gasteiger partial charge in [0.2, 0.25) is 0 Å². The fourth-order valence-electron chi connectivity index (χ4n) is 2.20. The van der Waals surface area contributed by atoms with Crippen molar-refractivity contribution in [1.82, 2.24) is 0 Å². The van der Waals surface area contributed by atoms with Gasteiger partial charge in [-0.05, 0) is 20.3 Å². The minimum atomic E-state index is -0.801. The van der Waals surface area contributed by atoms with E-state index in [1.165, 1.54) is 0 Å². The summed E-state index contributed by atoms with van der Waals surface area (Å²) in [6, 6.07) is 0. The molecular weight excluding hydrogens is 208 g/mol. The summed E-state index contributed by atoms with van der Waals surface area (Å²) >= 11 is 0. The monoisotopic (exact) mass is 226 g/mol. The molecule has 1 N–H and O–H groups in total. The number of allylic oxidation sites excluding steroid dienone is 1. The maximum Gasteiger partial charge on any atom is 0.333 e. The Morgan fingerprint density at radius 3 is 2.44 bits per heavy atom. The van der Waals surface area contributed by atoms with Crippen LogP contribution in [0.2, 0.25) is 0 Å². The van der Waals surface area contributed by atoms with Crippen LogP contribution < -0.4 is 0 Å². The van der Waals surface area contributed by atoms with Crippen LogP contribution in [0.25, 0.3) is 0 Å². The number of esters is 1. The van der Waals surface area contributed by atoms with Gasteiger partial charge in [-0.3, -0.25) is 4.79 Å². The number of carbonyl (C=O) groups excluding carboxylic acids is 1. The number of carboxylic acid groups (broad SMARTS) is 1. The van der Waals surface area contributed by atoms with Crippen molar-refractivity contribution in [2.24, 2.45) is 11.3 Å². The molecule has 1 unspecified atom stereocenters. The molecule has 0 amide bonds. The van der Waals surface area contributed by atoms with Crippen molar-refractivity contribution in [1.29, 1.82) is 0 Å². The summed E-state index contributed by atoms with van der Waals surface area (Å²) in [5, 5.41) is 8.97. The van der Waals surface area contributed by atoms with E-state index >= 15 is 0 Å². The highest BCUT2D eigenvalue weighted by molar-refractivity contribution is 5.90. The SMILES string of the molecule is CCOC(=O)/C(C)=C1\CC(C(=O)O)C1(C)C. The van der Waals surface area contributed by atoms with Crippen LogP contribution in [0.3, 0.4) is 0 Å². The van der Waals surface area contributed by atoms with Gasteiger partial charge >= 0.3 is 11.9 Å². The van der Waals surface area contributed by atoms with Crippen LogP contribution in [0.4, 0.5) is 0 Å². The number of carboxylic acids is 1. The molecule has 0 aliphatic heterocycles. The van der Waals surface area contributed by atoms with E-state index < -0.39 is 17.3 Å². The highest BCUT2D eigenvalue weighted by Crippen LogP contribution is 2.52. The first-order valence-electron chi connectivity index (χ1n) is 5.42. The molecule has 1 aliphatic rings. The summed E-state index contributed by atoms with van der Waals surface area (Å²) in [6.07, 6.45) is 0.451. The Morgan fingerprint density at radius 2 is 2.06 bits per heavy atom. The van der Waals surface area contributed by atoms with Gasteiger partial charge in [-0.1, -0.05) is 19.4 Å². The zero-order valence-corrected chi connectivity index (χ0v) is 10.2. The van der Waals surface area contributed by atoms with Crippen LogP contribution in [0.1, 0.15) is 34.1 Å². The topological polar surface area (TPSA) is 63.6 Å². The maximum atomic E-state index is 11.5. The molecule has 4 nitrogen and oxygen atoms in total. The zero-order chi connectivity index (χ0) is 12.5. The minimum Gasteiger partial charge on any atom is -0.481 e. The second-order valence-corrected chi connectivity index (χ2v) is 4.64. The smallest absolute Gasteiger partial charge is 0.333 e. The number of hydrogen-bond donors (Lipinski definition) is 1. The molecule has 0 bridgehead atoms. The summed E-state index contributed by atoms with van der Waals surface area (Å²) in [5.74, 6) is -1.54. The lowest BCUT2D eigenvalue weighted by Crippen LogP contribution is -2.44. The van der Waals surface area contributed by atoms with Gasteiger partial charge < -0.3 is 9.84 Å². The Balaban J connectivity index is 2.89. The van der Waals surface area contributed by atoms with E-state index in [1.54, 1.807) is 13.8 Å².